The number of benzene rings is 1. The second-order valence-electron chi connectivity index (χ2n) is 8.40. The Kier molecular flexibility index (Phi) is 7.64. The smallest absolute Gasteiger partial charge is 0.460 e. The molecule has 1 rings (SSSR count). The number of aliphatic hydroxyl groups excluding tert-OH is 1. The van der Waals surface area contributed by atoms with Crippen LogP contribution in [-0.2, 0) is 0 Å². The standard InChI is InChI=1S/C19H19F13O2/c1-9(12(33)10-7-5-6-8-11(10)34-13(2,3)4)14(20,21)15(22,23)16(24,25)17(26,27)18(28,29)19(30,31)32/h5-9,12,33H,1-4H3. The fourth-order valence-electron chi connectivity index (χ4n) is 2.68. The summed E-state index contributed by atoms with van der Waals surface area (Å²) in [5, 5.41) is 10.2. The molecule has 0 amide bonds. The first-order valence-corrected chi connectivity index (χ1v) is 9.19. The zero-order valence-electron chi connectivity index (χ0n) is 17.7. The molecule has 0 radical (unpaired) electrons. The topological polar surface area (TPSA) is 29.5 Å². The molecule has 1 aromatic carbocycles. The molecule has 0 aliphatic carbocycles. The normalized spacial score (nSPS) is 16.9. The van der Waals surface area contributed by atoms with E-state index in [2.05, 4.69) is 0 Å². The zero-order chi connectivity index (χ0) is 27.3. The molecule has 0 spiro atoms. The van der Waals surface area contributed by atoms with Gasteiger partial charge in [0.2, 0.25) is 0 Å². The third-order valence-electron chi connectivity index (χ3n) is 4.66. The van der Waals surface area contributed by atoms with E-state index >= 15 is 0 Å². The van der Waals surface area contributed by atoms with E-state index in [1.807, 2.05) is 0 Å². The van der Waals surface area contributed by atoms with E-state index < -0.39 is 64.7 Å². The molecule has 2 atom stereocenters. The lowest BCUT2D eigenvalue weighted by molar-refractivity contribution is -0.444. The summed E-state index contributed by atoms with van der Waals surface area (Å²) in [6.45, 7) is 4.30. The Morgan fingerprint density at radius 2 is 1.09 bits per heavy atom. The second kappa shape index (κ2) is 8.63. The van der Waals surface area contributed by atoms with E-state index in [9.17, 15) is 62.2 Å². The van der Waals surface area contributed by atoms with Crippen molar-refractivity contribution in [1.29, 1.82) is 0 Å². The van der Waals surface area contributed by atoms with E-state index in [0.29, 0.717) is 0 Å². The number of rotatable bonds is 8. The Hall–Kier alpha value is -1.93. The Balaban J connectivity index is 3.53. The molecule has 2 nitrogen and oxygen atoms in total. The summed E-state index contributed by atoms with van der Waals surface area (Å²) in [4.78, 5) is 0. The van der Waals surface area contributed by atoms with Crippen molar-refractivity contribution in [1.82, 2.24) is 0 Å². The van der Waals surface area contributed by atoms with E-state index in [0.717, 1.165) is 18.2 Å². The van der Waals surface area contributed by atoms with Crippen LogP contribution in [0.2, 0.25) is 0 Å². The minimum absolute atomic E-state index is 0.0113. The van der Waals surface area contributed by atoms with Crippen LogP contribution in [0.1, 0.15) is 39.4 Å². The van der Waals surface area contributed by atoms with Crippen LogP contribution in [0, 0.1) is 5.92 Å². The first-order chi connectivity index (χ1) is 14.8. The molecule has 0 saturated carbocycles. The third-order valence-corrected chi connectivity index (χ3v) is 4.66. The van der Waals surface area contributed by atoms with Gasteiger partial charge in [0.1, 0.15) is 11.4 Å². The van der Waals surface area contributed by atoms with Gasteiger partial charge in [0.05, 0.1) is 12.0 Å². The highest BCUT2D eigenvalue weighted by molar-refractivity contribution is 5.36. The highest BCUT2D eigenvalue weighted by atomic mass is 19.4. The highest BCUT2D eigenvalue weighted by Gasteiger charge is 2.91. The van der Waals surface area contributed by atoms with Gasteiger partial charge < -0.3 is 9.84 Å². The van der Waals surface area contributed by atoms with Crippen molar-refractivity contribution in [2.24, 2.45) is 5.92 Å². The predicted octanol–water partition coefficient (Wildman–Crippen LogP) is 7.27. The molecule has 0 heterocycles. The quantitative estimate of drug-likeness (QED) is 0.361. The molecule has 0 aliphatic heterocycles. The lowest BCUT2D eigenvalue weighted by Gasteiger charge is -2.42. The molecule has 198 valence electrons. The number of ether oxygens (including phenoxy) is 1. The van der Waals surface area contributed by atoms with Crippen LogP contribution in [0.15, 0.2) is 24.3 Å². The Morgan fingerprint density at radius 3 is 1.50 bits per heavy atom. The van der Waals surface area contributed by atoms with Crippen LogP contribution < -0.4 is 4.74 Å². The molecular formula is C19H19F13O2. The fraction of sp³-hybridized carbons (Fsp3) is 0.684. The minimum atomic E-state index is -8.00. The summed E-state index contributed by atoms with van der Waals surface area (Å²) < 4.78 is 179. The number of para-hydroxylation sites is 1. The Bertz CT molecular complexity index is 856. The highest BCUT2D eigenvalue weighted by Crippen LogP contribution is 2.62. The maximum absolute atomic E-state index is 14.4. The number of aliphatic hydroxyl groups is 1. The average Bonchev–Trinajstić information content (AvgIpc) is 2.64. The van der Waals surface area contributed by atoms with Gasteiger partial charge >= 0.3 is 35.8 Å². The van der Waals surface area contributed by atoms with Crippen molar-refractivity contribution in [2.45, 2.75) is 75.2 Å². The van der Waals surface area contributed by atoms with Crippen molar-refractivity contribution in [3.8, 4) is 5.75 Å². The minimum Gasteiger partial charge on any atom is -0.488 e. The van der Waals surface area contributed by atoms with Gasteiger partial charge in [-0.25, -0.2) is 0 Å². The molecule has 0 aliphatic rings. The average molecular weight is 526 g/mol. The molecular weight excluding hydrogens is 507 g/mol. The largest absolute Gasteiger partial charge is 0.488 e. The SMILES string of the molecule is CC(C(O)c1ccccc1OC(C)(C)C)C(F)(F)C(F)(F)C(F)(F)C(F)(F)C(F)(F)C(F)(F)F. The van der Waals surface area contributed by atoms with Crippen molar-refractivity contribution >= 4 is 0 Å². The second-order valence-corrected chi connectivity index (χ2v) is 8.40. The molecule has 0 bridgehead atoms. The summed E-state index contributed by atoms with van der Waals surface area (Å²) >= 11 is 0. The van der Waals surface area contributed by atoms with Gasteiger partial charge in [0, 0.05) is 5.56 Å². The van der Waals surface area contributed by atoms with Crippen molar-refractivity contribution in [3.05, 3.63) is 29.8 Å². The van der Waals surface area contributed by atoms with Gasteiger partial charge in [0.15, 0.2) is 0 Å². The number of hydrogen-bond donors (Lipinski definition) is 1. The van der Waals surface area contributed by atoms with Crippen LogP contribution in [0.25, 0.3) is 0 Å². The first-order valence-electron chi connectivity index (χ1n) is 9.19. The molecule has 1 aromatic rings. The summed E-state index contributed by atoms with van der Waals surface area (Å²) in [7, 11) is 0. The summed E-state index contributed by atoms with van der Waals surface area (Å²) in [6.07, 6.45) is -10.3. The van der Waals surface area contributed by atoms with Gasteiger partial charge in [-0.1, -0.05) is 25.1 Å². The zero-order valence-corrected chi connectivity index (χ0v) is 17.7. The fourth-order valence-corrected chi connectivity index (χ4v) is 2.68. The van der Waals surface area contributed by atoms with E-state index in [1.54, 1.807) is 0 Å². The van der Waals surface area contributed by atoms with Crippen LogP contribution in [-0.4, -0.2) is 46.5 Å². The summed E-state index contributed by atoms with van der Waals surface area (Å²) in [6, 6.07) is 4.20. The molecule has 2 unspecified atom stereocenters. The van der Waals surface area contributed by atoms with Crippen molar-refractivity contribution in [3.63, 3.8) is 0 Å². The predicted molar refractivity (Wildman–Crippen MR) is 91.7 cm³/mol. The van der Waals surface area contributed by atoms with Crippen LogP contribution in [0.4, 0.5) is 57.1 Å². The van der Waals surface area contributed by atoms with Crippen LogP contribution >= 0.6 is 0 Å². The monoisotopic (exact) mass is 526 g/mol. The number of alkyl halides is 13. The van der Waals surface area contributed by atoms with Crippen molar-refractivity contribution in [2.75, 3.05) is 0 Å². The first kappa shape index (κ1) is 30.1. The van der Waals surface area contributed by atoms with Crippen molar-refractivity contribution < 1.29 is 66.9 Å². The molecule has 15 heteroatoms. The molecule has 1 N–H and O–H groups in total. The van der Waals surface area contributed by atoms with E-state index in [4.69, 9.17) is 4.74 Å². The Labute approximate surface area is 184 Å². The third kappa shape index (κ3) is 4.76. The molecule has 0 aromatic heterocycles. The maximum atomic E-state index is 14.4. The Morgan fingerprint density at radius 1 is 0.676 bits per heavy atom. The maximum Gasteiger partial charge on any atom is 0.460 e. The molecule has 0 saturated heterocycles. The summed E-state index contributed by atoms with van der Waals surface area (Å²) in [5.74, 6) is -41.5. The number of halogens is 13. The molecule has 34 heavy (non-hydrogen) atoms. The van der Waals surface area contributed by atoms with E-state index in [-0.39, 0.29) is 6.92 Å². The summed E-state index contributed by atoms with van der Waals surface area (Å²) in [5.41, 5.74) is -1.76. The van der Waals surface area contributed by atoms with Gasteiger partial charge in [0.25, 0.3) is 0 Å². The van der Waals surface area contributed by atoms with Gasteiger partial charge in [-0.2, -0.15) is 57.1 Å². The van der Waals surface area contributed by atoms with Gasteiger partial charge in [-0.05, 0) is 26.8 Å². The molecule has 0 fully saturated rings. The van der Waals surface area contributed by atoms with Gasteiger partial charge in [-0.15, -0.1) is 0 Å². The lowest BCUT2D eigenvalue weighted by atomic mass is 9.83. The lowest BCUT2D eigenvalue weighted by Crippen LogP contribution is -2.71. The number of hydrogen-bond acceptors (Lipinski definition) is 2. The van der Waals surface area contributed by atoms with Crippen LogP contribution in [0.3, 0.4) is 0 Å². The van der Waals surface area contributed by atoms with Crippen LogP contribution in [0.5, 0.6) is 5.75 Å². The van der Waals surface area contributed by atoms with Gasteiger partial charge in [-0.3, -0.25) is 0 Å². The van der Waals surface area contributed by atoms with E-state index in [1.165, 1.54) is 26.8 Å².